The maximum Gasteiger partial charge on any atom is 0.0931 e. The zero-order valence-electron chi connectivity index (χ0n) is 8.37. The van der Waals surface area contributed by atoms with E-state index in [-0.39, 0.29) is 6.04 Å². The summed E-state index contributed by atoms with van der Waals surface area (Å²) in [7, 11) is 0. The van der Waals surface area contributed by atoms with Gasteiger partial charge in [-0.25, -0.2) is 0 Å². The maximum absolute atomic E-state index is 6.21. The third-order valence-corrected chi connectivity index (χ3v) is 4.70. The van der Waals surface area contributed by atoms with Crippen LogP contribution in [-0.2, 0) is 6.42 Å². The van der Waals surface area contributed by atoms with E-state index < -0.39 is 0 Å². The van der Waals surface area contributed by atoms with Crippen molar-refractivity contribution in [3.63, 3.8) is 0 Å². The summed E-state index contributed by atoms with van der Waals surface area (Å²) in [6, 6.07) is 6.05. The molecule has 0 aliphatic rings. The quantitative estimate of drug-likeness (QED) is 0.881. The van der Waals surface area contributed by atoms with Gasteiger partial charge in [0.25, 0.3) is 0 Å². The molecule has 15 heavy (non-hydrogen) atoms. The second-order valence-electron chi connectivity index (χ2n) is 3.28. The van der Waals surface area contributed by atoms with Gasteiger partial charge in [0.1, 0.15) is 0 Å². The average molecular weight is 258 g/mol. The van der Waals surface area contributed by atoms with Crippen molar-refractivity contribution in [1.82, 2.24) is 0 Å². The summed E-state index contributed by atoms with van der Waals surface area (Å²) in [5.41, 5.74) is 7.56. The number of nitrogens with two attached hydrogens (primary N) is 1. The van der Waals surface area contributed by atoms with Gasteiger partial charge in [-0.15, -0.1) is 22.7 Å². The Bertz CT molecular complexity index is 447. The fraction of sp³-hybridized carbons (Fsp3) is 0.273. The van der Waals surface area contributed by atoms with Crippen LogP contribution in [0.2, 0.25) is 4.34 Å². The van der Waals surface area contributed by atoms with E-state index in [9.17, 15) is 0 Å². The van der Waals surface area contributed by atoms with Crippen LogP contribution in [0.4, 0.5) is 0 Å². The first-order valence-electron chi connectivity index (χ1n) is 4.79. The number of hydrogen-bond donors (Lipinski definition) is 1. The van der Waals surface area contributed by atoms with Crippen LogP contribution in [0.1, 0.15) is 28.3 Å². The van der Waals surface area contributed by atoms with Crippen LogP contribution in [0.5, 0.6) is 0 Å². The molecule has 0 saturated heterocycles. The molecule has 1 nitrogen and oxygen atoms in total. The van der Waals surface area contributed by atoms with Gasteiger partial charge in [0, 0.05) is 9.75 Å². The molecular formula is C11H12ClNS2. The molecule has 2 rings (SSSR count). The molecular weight excluding hydrogens is 246 g/mol. The third kappa shape index (κ3) is 2.26. The summed E-state index contributed by atoms with van der Waals surface area (Å²) >= 11 is 9.19. The minimum Gasteiger partial charge on any atom is -0.319 e. The van der Waals surface area contributed by atoms with Crippen LogP contribution in [-0.4, -0.2) is 0 Å². The van der Waals surface area contributed by atoms with E-state index >= 15 is 0 Å². The predicted octanol–water partition coefficient (Wildman–Crippen LogP) is 4.07. The van der Waals surface area contributed by atoms with Crippen molar-refractivity contribution in [2.45, 2.75) is 19.4 Å². The minimum atomic E-state index is -0.0163. The van der Waals surface area contributed by atoms with Crippen molar-refractivity contribution in [1.29, 1.82) is 0 Å². The van der Waals surface area contributed by atoms with Crippen LogP contribution >= 0.6 is 34.3 Å². The average Bonchev–Trinajstić information content (AvgIpc) is 2.84. The highest BCUT2D eigenvalue weighted by Gasteiger charge is 2.15. The van der Waals surface area contributed by atoms with Gasteiger partial charge >= 0.3 is 0 Å². The van der Waals surface area contributed by atoms with Gasteiger partial charge in [0.2, 0.25) is 0 Å². The highest BCUT2D eigenvalue weighted by atomic mass is 35.5. The first kappa shape index (κ1) is 11.1. The van der Waals surface area contributed by atoms with Gasteiger partial charge in [-0.05, 0) is 35.6 Å². The molecule has 0 aliphatic heterocycles. The zero-order valence-corrected chi connectivity index (χ0v) is 10.8. The van der Waals surface area contributed by atoms with Crippen LogP contribution < -0.4 is 5.73 Å². The second kappa shape index (κ2) is 4.66. The lowest BCUT2D eigenvalue weighted by Crippen LogP contribution is -2.10. The Morgan fingerprint density at radius 2 is 2.20 bits per heavy atom. The number of thiophene rings is 2. The van der Waals surface area contributed by atoms with E-state index in [2.05, 4.69) is 18.4 Å². The Morgan fingerprint density at radius 1 is 1.40 bits per heavy atom. The number of aryl methyl sites for hydroxylation is 1. The Kier molecular flexibility index (Phi) is 3.46. The molecule has 2 aromatic rings. The summed E-state index contributed by atoms with van der Waals surface area (Å²) in [5.74, 6) is 0. The monoisotopic (exact) mass is 257 g/mol. The van der Waals surface area contributed by atoms with Crippen molar-refractivity contribution < 1.29 is 0 Å². The molecule has 2 aromatic heterocycles. The molecule has 0 fully saturated rings. The first-order valence-corrected chi connectivity index (χ1v) is 6.87. The molecule has 2 heterocycles. The topological polar surface area (TPSA) is 26.0 Å². The van der Waals surface area contributed by atoms with Gasteiger partial charge in [-0.1, -0.05) is 18.5 Å². The SMILES string of the molecule is CCc1ccsc1C(N)c1ccc(Cl)s1. The molecule has 1 atom stereocenters. The number of rotatable bonds is 3. The van der Waals surface area contributed by atoms with Crippen molar-refractivity contribution in [3.05, 3.63) is 43.2 Å². The van der Waals surface area contributed by atoms with Crippen LogP contribution in [0.25, 0.3) is 0 Å². The second-order valence-corrected chi connectivity index (χ2v) is 5.98. The summed E-state index contributed by atoms with van der Waals surface area (Å²) in [5, 5.41) is 2.10. The van der Waals surface area contributed by atoms with E-state index in [0.29, 0.717) is 0 Å². The highest BCUT2D eigenvalue weighted by Crippen LogP contribution is 2.33. The van der Waals surface area contributed by atoms with Crippen molar-refractivity contribution >= 4 is 34.3 Å². The predicted molar refractivity (Wildman–Crippen MR) is 69.1 cm³/mol. The van der Waals surface area contributed by atoms with Crippen LogP contribution in [0.15, 0.2) is 23.6 Å². The molecule has 0 bridgehead atoms. The van der Waals surface area contributed by atoms with Crippen LogP contribution in [0, 0.1) is 0 Å². The van der Waals surface area contributed by atoms with Crippen LogP contribution in [0.3, 0.4) is 0 Å². The molecule has 0 amide bonds. The Balaban J connectivity index is 2.31. The summed E-state index contributed by atoms with van der Waals surface area (Å²) < 4.78 is 0.801. The van der Waals surface area contributed by atoms with Gasteiger partial charge in [0.05, 0.1) is 10.4 Å². The largest absolute Gasteiger partial charge is 0.319 e. The molecule has 0 aromatic carbocycles. The molecule has 80 valence electrons. The van der Waals surface area contributed by atoms with Crippen molar-refractivity contribution in [2.75, 3.05) is 0 Å². The molecule has 2 N–H and O–H groups in total. The van der Waals surface area contributed by atoms with E-state index in [1.165, 1.54) is 10.4 Å². The molecule has 1 unspecified atom stereocenters. The number of halogens is 1. The summed E-state index contributed by atoms with van der Waals surface area (Å²) in [4.78, 5) is 2.40. The lowest BCUT2D eigenvalue weighted by Gasteiger charge is -2.09. The molecule has 0 saturated carbocycles. The fourth-order valence-electron chi connectivity index (χ4n) is 1.54. The lowest BCUT2D eigenvalue weighted by molar-refractivity contribution is 0.895. The zero-order chi connectivity index (χ0) is 10.8. The highest BCUT2D eigenvalue weighted by molar-refractivity contribution is 7.16. The lowest BCUT2D eigenvalue weighted by atomic mass is 10.1. The summed E-state index contributed by atoms with van der Waals surface area (Å²) in [6.45, 7) is 2.15. The normalized spacial score (nSPS) is 13.0. The third-order valence-electron chi connectivity index (χ3n) is 2.34. The Hall–Kier alpha value is -0.350. The van der Waals surface area contributed by atoms with E-state index in [1.54, 1.807) is 22.7 Å². The van der Waals surface area contributed by atoms with E-state index in [1.807, 2.05) is 12.1 Å². The Labute approximate surface area is 103 Å². The molecule has 4 heteroatoms. The fourth-order valence-corrected chi connectivity index (χ4v) is 3.70. The molecule has 0 radical (unpaired) electrons. The van der Waals surface area contributed by atoms with Crippen molar-refractivity contribution in [2.24, 2.45) is 5.73 Å². The number of hydrogen-bond acceptors (Lipinski definition) is 3. The van der Waals surface area contributed by atoms with Gasteiger partial charge in [-0.3, -0.25) is 0 Å². The first-order chi connectivity index (χ1) is 7.22. The summed E-state index contributed by atoms with van der Waals surface area (Å²) in [6.07, 6.45) is 1.03. The van der Waals surface area contributed by atoms with Gasteiger partial charge in [-0.2, -0.15) is 0 Å². The smallest absolute Gasteiger partial charge is 0.0931 e. The Morgan fingerprint density at radius 3 is 2.80 bits per heavy atom. The maximum atomic E-state index is 6.21. The van der Waals surface area contributed by atoms with Gasteiger partial charge < -0.3 is 5.73 Å². The van der Waals surface area contributed by atoms with E-state index in [4.69, 9.17) is 17.3 Å². The van der Waals surface area contributed by atoms with Crippen molar-refractivity contribution in [3.8, 4) is 0 Å². The minimum absolute atomic E-state index is 0.0163. The van der Waals surface area contributed by atoms with E-state index in [0.717, 1.165) is 15.6 Å². The molecule has 0 aliphatic carbocycles. The van der Waals surface area contributed by atoms with Gasteiger partial charge in [0.15, 0.2) is 0 Å². The standard InChI is InChI=1S/C11H12ClNS2/c1-2-7-5-6-14-11(7)10(13)8-3-4-9(12)15-8/h3-6,10H,2,13H2,1H3. The molecule has 0 spiro atoms.